The number of hydrogen-bond acceptors (Lipinski definition) is 8. The van der Waals surface area contributed by atoms with Crippen molar-refractivity contribution in [2.24, 2.45) is 0 Å². The third-order valence-electron chi connectivity index (χ3n) is 5.42. The molecule has 0 unspecified atom stereocenters. The minimum absolute atomic E-state index is 0.478. The highest BCUT2D eigenvalue weighted by atomic mass is 32.1. The maximum atomic E-state index is 6.61. The van der Waals surface area contributed by atoms with E-state index >= 15 is 0 Å². The van der Waals surface area contributed by atoms with Crippen LogP contribution in [0.5, 0.6) is 5.75 Å². The molecule has 0 fully saturated rings. The topological polar surface area (TPSA) is 89.2 Å². The molecule has 2 heterocycles. The molecule has 0 aliphatic carbocycles. The van der Waals surface area contributed by atoms with E-state index in [1.807, 2.05) is 54.6 Å². The normalized spacial score (nSPS) is 10.9. The molecule has 0 spiro atoms. The standard InChI is InChI=1S/C26H24N6OS/c1-33-20-12-13-21-22(14-20)34-26(30-21)31-24-23(27)25(29-17-28-24)32(15-18-8-4-2-5-9-18)16-19-10-6-3-7-11-19/h2-14,17H,15-16,27H2,1H3,(H,28,29,30,31). The van der Waals surface area contributed by atoms with E-state index in [4.69, 9.17) is 10.5 Å². The molecule has 5 aromatic rings. The van der Waals surface area contributed by atoms with Crippen LogP contribution in [0.4, 0.5) is 22.5 Å². The predicted octanol–water partition coefficient (Wildman–Crippen LogP) is 5.63. The van der Waals surface area contributed by atoms with Gasteiger partial charge in [-0.25, -0.2) is 15.0 Å². The molecule has 0 atom stereocenters. The minimum Gasteiger partial charge on any atom is -0.497 e. The second-order valence-corrected chi connectivity index (χ2v) is 8.80. The lowest BCUT2D eigenvalue weighted by Crippen LogP contribution is -2.24. The minimum atomic E-state index is 0.478. The van der Waals surface area contributed by atoms with E-state index in [1.54, 1.807) is 7.11 Å². The highest BCUT2D eigenvalue weighted by Gasteiger charge is 2.17. The summed E-state index contributed by atoms with van der Waals surface area (Å²) in [6, 6.07) is 26.4. The first-order valence-electron chi connectivity index (χ1n) is 10.8. The molecule has 0 aliphatic rings. The van der Waals surface area contributed by atoms with Crippen LogP contribution in [0.15, 0.2) is 85.2 Å². The lowest BCUT2D eigenvalue weighted by atomic mass is 10.1. The van der Waals surface area contributed by atoms with Gasteiger partial charge in [0.05, 0.1) is 17.3 Å². The van der Waals surface area contributed by atoms with Crippen molar-refractivity contribution in [2.45, 2.75) is 13.1 Å². The lowest BCUT2D eigenvalue weighted by Gasteiger charge is -2.26. The predicted molar refractivity (Wildman–Crippen MR) is 139 cm³/mol. The fraction of sp³-hybridized carbons (Fsp3) is 0.115. The van der Waals surface area contributed by atoms with Gasteiger partial charge >= 0.3 is 0 Å². The molecule has 3 aromatic carbocycles. The van der Waals surface area contributed by atoms with Gasteiger partial charge in [-0.15, -0.1) is 0 Å². The quantitative estimate of drug-likeness (QED) is 0.305. The first-order valence-corrected chi connectivity index (χ1v) is 11.7. The zero-order valence-corrected chi connectivity index (χ0v) is 19.5. The number of benzene rings is 3. The number of nitrogens with one attached hydrogen (secondary N) is 1. The molecule has 2 aromatic heterocycles. The number of methoxy groups -OCH3 is 1. The van der Waals surface area contributed by atoms with Crippen LogP contribution >= 0.6 is 11.3 Å². The molecule has 5 rings (SSSR count). The molecule has 0 amide bonds. The second kappa shape index (κ2) is 9.76. The summed E-state index contributed by atoms with van der Waals surface area (Å²) in [5.41, 5.74) is 10.3. The Morgan fingerprint density at radius 2 is 1.59 bits per heavy atom. The molecule has 170 valence electrons. The Labute approximate surface area is 201 Å². The summed E-state index contributed by atoms with van der Waals surface area (Å²) in [5, 5.41) is 3.99. The van der Waals surface area contributed by atoms with Crippen LogP contribution in [-0.2, 0) is 13.1 Å². The molecule has 0 bridgehead atoms. The Hall–Kier alpha value is -4.17. The highest BCUT2D eigenvalue weighted by molar-refractivity contribution is 7.22. The Kier molecular flexibility index (Phi) is 6.22. The van der Waals surface area contributed by atoms with Crippen LogP contribution in [0.2, 0.25) is 0 Å². The number of nitrogens with zero attached hydrogens (tertiary/aromatic N) is 4. The second-order valence-electron chi connectivity index (χ2n) is 7.76. The number of anilines is 4. The van der Waals surface area contributed by atoms with Crippen molar-refractivity contribution < 1.29 is 4.74 Å². The third kappa shape index (κ3) is 4.77. The summed E-state index contributed by atoms with van der Waals surface area (Å²) >= 11 is 1.52. The van der Waals surface area contributed by atoms with Crippen molar-refractivity contribution in [2.75, 3.05) is 23.1 Å². The maximum Gasteiger partial charge on any atom is 0.189 e. The molecule has 3 N–H and O–H groups in total. The fourth-order valence-corrected chi connectivity index (χ4v) is 4.63. The van der Waals surface area contributed by atoms with Gasteiger partial charge in [0.15, 0.2) is 16.8 Å². The Bertz CT molecular complexity index is 1350. The number of thiazole rings is 1. The number of ether oxygens (including phenoxy) is 1. The van der Waals surface area contributed by atoms with Gasteiger partial charge in [0, 0.05) is 13.1 Å². The molecular weight excluding hydrogens is 444 g/mol. The van der Waals surface area contributed by atoms with Crippen LogP contribution in [0.1, 0.15) is 11.1 Å². The molecule has 8 heteroatoms. The van der Waals surface area contributed by atoms with Crippen molar-refractivity contribution >= 4 is 44.0 Å². The first-order chi connectivity index (χ1) is 16.7. The van der Waals surface area contributed by atoms with Gasteiger partial charge in [0.1, 0.15) is 17.8 Å². The van der Waals surface area contributed by atoms with E-state index in [0.717, 1.165) is 16.0 Å². The van der Waals surface area contributed by atoms with Gasteiger partial charge in [0.25, 0.3) is 0 Å². The molecule has 0 saturated carbocycles. The molecule has 7 nitrogen and oxygen atoms in total. The van der Waals surface area contributed by atoms with Crippen molar-refractivity contribution in [3.05, 3.63) is 96.3 Å². The summed E-state index contributed by atoms with van der Waals surface area (Å²) < 4.78 is 6.34. The number of nitrogens with two attached hydrogens (primary N) is 1. The van der Waals surface area contributed by atoms with Crippen LogP contribution < -0.4 is 20.7 Å². The SMILES string of the molecule is COc1ccc2nc(Nc3ncnc(N(Cc4ccccc4)Cc4ccccc4)c3N)sc2c1. The van der Waals surface area contributed by atoms with Gasteiger partial charge in [-0.05, 0) is 29.3 Å². The zero-order chi connectivity index (χ0) is 23.3. The van der Waals surface area contributed by atoms with E-state index < -0.39 is 0 Å². The number of rotatable bonds is 8. The van der Waals surface area contributed by atoms with Gasteiger partial charge in [-0.3, -0.25) is 0 Å². The Morgan fingerprint density at radius 1 is 0.912 bits per heavy atom. The number of aromatic nitrogens is 3. The number of hydrogen-bond donors (Lipinski definition) is 2. The fourth-order valence-electron chi connectivity index (χ4n) is 3.74. The smallest absolute Gasteiger partial charge is 0.189 e. The number of nitrogen functional groups attached to an aromatic ring is 1. The average Bonchev–Trinajstić information content (AvgIpc) is 3.28. The maximum absolute atomic E-state index is 6.61. The van der Waals surface area contributed by atoms with E-state index in [2.05, 4.69) is 49.4 Å². The average molecular weight is 469 g/mol. The summed E-state index contributed by atoms with van der Waals surface area (Å²) in [7, 11) is 1.65. The highest BCUT2D eigenvalue weighted by Crippen LogP contribution is 2.34. The van der Waals surface area contributed by atoms with Gasteiger partial charge in [-0.2, -0.15) is 0 Å². The lowest BCUT2D eigenvalue weighted by molar-refractivity contribution is 0.415. The summed E-state index contributed by atoms with van der Waals surface area (Å²) in [6.45, 7) is 1.33. The summed E-state index contributed by atoms with van der Waals surface area (Å²) in [6.07, 6.45) is 1.54. The van der Waals surface area contributed by atoms with Crippen molar-refractivity contribution in [1.82, 2.24) is 15.0 Å². The Morgan fingerprint density at radius 3 is 2.24 bits per heavy atom. The van der Waals surface area contributed by atoms with Crippen LogP contribution in [-0.4, -0.2) is 22.1 Å². The van der Waals surface area contributed by atoms with Gasteiger partial charge in [0.2, 0.25) is 0 Å². The van der Waals surface area contributed by atoms with E-state index in [0.29, 0.717) is 35.5 Å². The van der Waals surface area contributed by atoms with E-state index in [9.17, 15) is 0 Å². The van der Waals surface area contributed by atoms with Crippen LogP contribution in [0.3, 0.4) is 0 Å². The molecule has 0 radical (unpaired) electrons. The summed E-state index contributed by atoms with van der Waals surface area (Å²) in [5.74, 6) is 2.00. The van der Waals surface area contributed by atoms with Gasteiger partial charge < -0.3 is 20.7 Å². The van der Waals surface area contributed by atoms with Crippen molar-refractivity contribution in [3.63, 3.8) is 0 Å². The monoisotopic (exact) mass is 468 g/mol. The molecular formula is C26H24N6OS. The van der Waals surface area contributed by atoms with E-state index in [-0.39, 0.29) is 0 Å². The van der Waals surface area contributed by atoms with Crippen LogP contribution in [0, 0.1) is 0 Å². The largest absolute Gasteiger partial charge is 0.497 e. The molecule has 34 heavy (non-hydrogen) atoms. The number of fused-ring (bicyclic) bond motifs is 1. The Balaban J connectivity index is 1.46. The van der Waals surface area contributed by atoms with E-state index in [1.165, 1.54) is 28.8 Å². The van der Waals surface area contributed by atoms with Gasteiger partial charge in [-0.1, -0.05) is 72.0 Å². The summed E-state index contributed by atoms with van der Waals surface area (Å²) in [4.78, 5) is 15.8. The first kappa shape index (κ1) is 21.7. The van der Waals surface area contributed by atoms with Crippen molar-refractivity contribution in [3.8, 4) is 5.75 Å². The molecule has 0 saturated heterocycles. The third-order valence-corrected chi connectivity index (χ3v) is 6.35. The zero-order valence-electron chi connectivity index (χ0n) is 18.7. The van der Waals surface area contributed by atoms with Crippen molar-refractivity contribution in [1.29, 1.82) is 0 Å². The molecule has 0 aliphatic heterocycles. The van der Waals surface area contributed by atoms with Crippen LogP contribution in [0.25, 0.3) is 10.2 Å².